The van der Waals surface area contributed by atoms with E-state index in [0.717, 1.165) is 43.1 Å². The van der Waals surface area contributed by atoms with Gasteiger partial charge in [-0.3, -0.25) is 4.79 Å². The molecule has 1 saturated heterocycles. The molecule has 6 nitrogen and oxygen atoms in total. The molecule has 1 aliphatic rings. The molecule has 0 bridgehead atoms. The second-order valence-corrected chi connectivity index (χ2v) is 11.4. The number of carbonyl (C=O) groups excluding carboxylic acids is 1. The van der Waals surface area contributed by atoms with E-state index < -0.39 is 17.2 Å². The molecule has 1 fully saturated rings. The Kier molecular flexibility index (Phi) is 10.3. The molecule has 232 valence electrons. The number of amides is 1. The van der Waals surface area contributed by atoms with Crippen LogP contribution in [0.4, 0.5) is 13.2 Å². The van der Waals surface area contributed by atoms with E-state index in [4.69, 9.17) is 20.9 Å². The zero-order valence-corrected chi connectivity index (χ0v) is 25.0. The van der Waals surface area contributed by atoms with Crippen LogP contribution < -0.4 is 10.1 Å². The van der Waals surface area contributed by atoms with Crippen LogP contribution in [0.25, 0.3) is 0 Å². The summed E-state index contributed by atoms with van der Waals surface area (Å²) < 4.78 is 52.3. The largest absolute Gasteiger partial charge is 0.475 e. The van der Waals surface area contributed by atoms with E-state index in [0.29, 0.717) is 43.3 Å². The number of carbonyl (C=O) groups is 1. The van der Waals surface area contributed by atoms with Gasteiger partial charge >= 0.3 is 6.18 Å². The molecular formula is C34H35ClF3N3O3. The molecule has 1 aliphatic heterocycles. The minimum atomic E-state index is -4.55. The number of benzene rings is 3. The smallest absolute Gasteiger partial charge is 0.417 e. The van der Waals surface area contributed by atoms with Gasteiger partial charge < -0.3 is 19.5 Å². The van der Waals surface area contributed by atoms with Crippen LogP contribution in [0, 0.1) is 0 Å². The van der Waals surface area contributed by atoms with Crippen molar-refractivity contribution in [1.82, 2.24) is 15.4 Å². The highest BCUT2D eigenvalue weighted by Gasteiger charge is 2.38. The lowest BCUT2D eigenvalue weighted by molar-refractivity contribution is -0.137. The van der Waals surface area contributed by atoms with E-state index in [-0.39, 0.29) is 23.8 Å². The second kappa shape index (κ2) is 14.3. The summed E-state index contributed by atoms with van der Waals surface area (Å²) in [7, 11) is 0. The molecule has 0 aliphatic carbocycles. The number of ether oxygens (including phenoxy) is 1. The van der Waals surface area contributed by atoms with E-state index in [2.05, 4.69) is 10.5 Å². The van der Waals surface area contributed by atoms with Crippen LogP contribution in [0.1, 0.15) is 47.3 Å². The Morgan fingerprint density at radius 1 is 0.955 bits per heavy atom. The topological polar surface area (TPSA) is 67.6 Å². The lowest BCUT2D eigenvalue weighted by atomic mass is 9.70. The Labute approximate surface area is 260 Å². The zero-order chi connectivity index (χ0) is 31.0. The van der Waals surface area contributed by atoms with Crippen LogP contribution >= 0.6 is 11.6 Å². The van der Waals surface area contributed by atoms with Gasteiger partial charge in [0.25, 0.3) is 5.88 Å². The second-order valence-electron chi connectivity index (χ2n) is 11.0. The Bertz CT molecular complexity index is 1470. The lowest BCUT2D eigenvalue weighted by Crippen LogP contribution is -2.42. The number of alkyl halides is 3. The third-order valence-corrected chi connectivity index (χ3v) is 8.47. The number of rotatable bonds is 13. The van der Waals surface area contributed by atoms with Crippen molar-refractivity contribution in [1.29, 1.82) is 0 Å². The Morgan fingerprint density at radius 2 is 1.61 bits per heavy atom. The highest BCUT2D eigenvalue weighted by atomic mass is 35.5. The van der Waals surface area contributed by atoms with Crippen molar-refractivity contribution < 1.29 is 27.2 Å². The summed E-state index contributed by atoms with van der Waals surface area (Å²) >= 11 is 6.41. The van der Waals surface area contributed by atoms with Crippen molar-refractivity contribution >= 4 is 17.5 Å². The maximum atomic E-state index is 13.7. The number of hydrogen-bond acceptors (Lipinski definition) is 5. The zero-order valence-electron chi connectivity index (χ0n) is 24.3. The fraction of sp³-hybridized carbons (Fsp3) is 0.353. The van der Waals surface area contributed by atoms with E-state index in [1.807, 2.05) is 65.6 Å². The van der Waals surface area contributed by atoms with Crippen molar-refractivity contribution in [2.45, 2.75) is 43.7 Å². The number of likely N-dealkylation sites (tertiary alicyclic amines) is 1. The molecule has 3 aromatic carbocycles. The first-order chi connectivity index (χ1) is 21.3. The summed E-state index contributed by atoms with van der Waals surface area (Å²) in [6, 6.07) is 25.3. The number of nitrogens with one attached hydrogen (secondary N) is 1. The third-order valence-electron chi connectivity index (χ3n) is 8.03. The molecule has 1 N–H and O–H groups in total. The summed E-state index contributed by atoms with van der Waals surface area (Å²) in [4.78, 5) is 14.2. The van der Waals surface area contributed by atoms with Crippen LogP contribution in [0.3, 0.4) is 0 Å². The lowest BCUT2D eigenvalue weighted by Gasteiger charge is -2.36. The molecule has 0 spiro atoms. The van der Waals surface area contributed by atoms with Gasteiger partial charge in [-0.1, -0.05) is 84.4 Å². The monoisotopic (exact) mass is 625 g/mol. The minimum Gasteiger partial charge on any atom is -0.475 e. The molecule has 1 aromatic heterocycles. The molecule has 0 atom stereocenters. The Balaban J connectivity index is 1.26. The maximum absolute atomic E-state index is 13.7. The third kappa shape index (κ3) is 7.63. The van der Waals surface area contributed by atoms with Crippen molar-refractivity contribution in [2.24, 2.45) is 0 Å². The van der Waals surface area contributed by atoms with Crippen LogP contribution in [0.5, 0.6) is 5.88 Å². The Hall–Kier alpha value is -3.82. The standard InChI is InChI=1S/C34H35ClF3N3O3/c35-32-25(11-9-16-29(32)34(36,37)38)23-33(26-12-3-1-4-13-26,27-14-5-2-6-15-27)24-39-17-10-20-43-30-21-28(44-40-30)22-31(42)41-18-7-8-19-41/h1-6,9,11-16,21,39H,7-8,10,17-20,22-24H2. The predicted molar refractivity (Wildman–Crippen MR) is 163 cm³/mol. The molecule has 4 aromatic rings. The van der Waals surface area contributed by atoms with E-state index >= 15 is 0 Å². The van der Waals surface area contributed by atoms with Crippen molar-refractivity contribution in [3.8, 4) is 5.88 Å². The first-order valence-electron chi connectivity index (χ1n) is 14.8. The van der Waals surface area contributed by atoms with Gasteiger partial charge in [0.2, 0.25) is 5.91 Å². The van der Waals surface area contributed by atoms with E-state index in [1.165, 1.54) is 6.07 Å². The SMILES string of the molecule is O=C(Cc1cc(OCCCNCC(Cc2cccc(C(F)(F)F)c2Cl)(c2ccccc2)c2ccccc2)no1)N1CCCC1. The molecule has 44 heavy (non-hydrogen) atoms. The molecule has 1 amide bonds. The van der Waals surface area contributed by atoms with E-state index in [1.54, 1.807) is 12.1 Å². The van der Waals surface area contributed by atoms with Crippen molar-refractivity contribution in [3.05, 3.63) is 118 Å². The molecule has 0 unspecified atom stereocenters. The number of nitrogens with zero attached hydrogens (tertiary/aromatic N) is 2. The van der Waals surface area contributed by atoms with Gasteiger partial charge in [-0.15, -0.1) is 0 Å². The van der Waals surface area contributed by atoms with Gasteiger partial charge in [0.05, 0.1) is 23.6 Å². The average Bonchev–Trinajstić information content (AvgIpc) is 3.72. The fourth-order valence-electron chi connectivity index (χ4n) is 5.76. The average molecular weight is 626 g/mol. The molecule has 10 heteroatoms. The summed E-state index contributed by atoms with van der Waals surface area (Å²) in [5.41, 5.74) is 0.793. The molecule has 0 saturated carbocycles. The number of hydrogen-bond donors (Lipinski definition) is 1. The molecule has 0 radical (unpaired) electrons. The van der Waals surface area contributed by atoms with Crippen LogP contribution in [0.15, 0.2) is 89.5 Å². The molecule has 2 heterocycles. The minimum absolute atomic E-state index is 0.0288. The molecule has 5 rings (SSSR count). The van der Waals surface area contributed by atoms with E-state index in [9.17, 15) is 18.0 Å². The Morgan fingerprint density at radius 3 is 2.25 bits per heavy atom. The summed E-state index contributed by atoms with van der Waals surface area (Å²) in [6.07, 6.45) is -1.44. The number of aromatic nitrogens is 1. The summed E-state index contributed by atoms with van der Waals surface area (Å²) in [6.45, 7) is 2.96. The fourth-order valence-corrected chi connectivity index (χ4v) is 6.06. The maximum Gasteiger partial charge on any atom is 0.417 e. The summed E-state index contributed by atoms with van der Waals surface area (Å²) in [5.74, 6) is 0.830. The van der Waals surface area contributed by atoms with Crippen LogP contribution in [0.2, 0.25) is 5.02 Å². The highest BCUT2D eigenvalue weighted by Crippen LogP contribution is 2.41. The predicted octanol–water partition coefficient (Wildman–Crippen LogP) is 7.10. The highest BCUT2D eigenvalue weighted by molar-refractivity contribution is 6.32. The van der Waals surface area contributed by atoms with Crippen LogP contribution in [-0.4, -0.2) is 48.7 Å². The van der Waals surface area contributed by atoms with Gasteiger partial charge in [-0.05, 0) is 60.1 Å². The first kappa shape index (κ1) is 31.6. The quantitative estimate of drug-likeness (QED) is 0.161. The van der Waals surface area contributed by atoms with Gasteiger partial charge in [0.15, 0.2) is 0 Å². The van der Waals surface area contributed by atoms with Gasteiger partial charge in [-0.2, -0.15) is 13.2 Å². The van der Waals surface area contributed by atoms with Gasteiger partial charge in [-0.25, -0.2) is 0 Å². The number of halogens is 4. The van der Waals surface area contributed by atoms with Crippen molar-refractivity contribution in [3.63, 3.8) is 0 Å². The van der Waals surface area contributed by atoms with Crippen molar-refractivity contribution in [2.75, 3.05) is 32.8 Å². The molecular weight excluding hydrogens is 591 g/mol. The van der Waals surface area contributed by atoms with Gasteiger partial charge in [0, 0.05) is 31.1 Å². The first-order valence-corrected chi connectivity index (χ1v) is 15.2. The normalized spacial score (nSPS) is 13.8. The van der Waals surface area contributed by atoms with Gasteiger partial charge in [0.1, 0.15) is 5.76 Å². The summed E-state index contributed by atoms with van der Waals surface area (Å²) in [5, 5.41) is 7.17. The van der Waals surface area contributed by atoms with Crippen LogP contribution in [-0.2, 0) is 29.2 Å².